The Hall–Kier alpha value is -1.98. The first-order valence-electron chi connectivity index (χ1n) is 5.58. The minimum absolute atomic E-state index is 0.204. The second-order valence-electron chi connectivity index (χ2n) is 3.97. The average molecular weight is 368 g/mol. The molecule has 2 rings (SSSR count). The third-order valence-electron chi connectivity index (χ3n) is 2.64. The van der Waals surface area contributed by atoms with Crippen molar-refractivity contribution in [2.45, 2.75) is 16.7 Å². The number of nitro groups is 1. The van der Waals surface area contributed by atoms with Gasteiger partial charge in [0, 0.05) is 14.9 Å². The maximum absolute atomic E-state index is 14.1. The van der Waals surface area contributed by atoms with Gasteiger partial charge in [0.25, 0.3) is 11.5 Å². The number of benzene rings is 1. The molecule has 0 fully saturated rings. The Morgan fingerprint density at radius 1 is 1.52 bits per heavy atom. The van der Waals surface area contributed by atoms with Crippen molar-refractivity contribution in [1.29, 1.82) is 0 Å². The summed E-state index contributed by atoms with van der Waals surface area (Å²) in [7, 11) is 0. The number of rotatable bonds is 3. The van der Waals surface area contributed by atoms with E-state index in [0.717, 1.165) is 17.8 Å². The van der Waals surface area contributed by atoms with Gasteiger partial charge in [0.15, 0.2) is 0 Å². The van der Waals surface area contributed by atoms with Crippen LogP contribution in [0, 0.1) is 29.4 Å². The van der Waals surface area contributed by atoms with E-state index in [2.05, 4.69) is 25.8 Å². The molecule has 1 aromatic carbocycles. The fourth-order valence-corrected chi connectivity index (χ4v) is 3.17. The molecule has 0 aliphatic heterocycles. The van der Waals surface area contributed by atoms with E-state index in [1.807, 2.05) is 0 Å². The third kappa shape index (κ3) is 3.20. The molecule has 8 heteroatoms. The molecular formula is C13H7BrFN3O2S. The molecule has 0 N–H and O–H groups in total. The van der Waals surface area contributed by atoms with Crippen molar-refractivity contribution in [3.8, 4) is 0 Å². The largest absolute Gasteiger partial charge is 0.361 e. The molecule has 0 saturated heterocycles. The standard InChI is InChI=1S/C13H7BrFN3O2S/c1-7-10(18(19)20)6-9(15)13(12(7)14)21-8-3-4-17-11(5-8)16-2/h3-6H,1H3. The lowest BCUT2D eigenvalue weighted by Gasteiger charge is -2.09. The van der Waals surface area contributed by atoms with E-state index in [1.54, 1.807) is 13.0 Å². The van der Waals surface area contributed by atoms with Crippen LogP contribution in [-0.4, -0.2) is 9.91 Å². The second-order valence-corrected chi connectivity index (χ2v) is 5.84. The highest BCUT2D eigenvalue weighted by Gasteiger charge is 2.21. The van der Waals surface area contributed by atoms with Crippen LogP contribution in [0.25, 0.3) is 4.85 Å². The molecule has 2 aromatic rings. The maximum atomic E-state index is 14.1. The van der Waals surface area contributed by atoms with Crippen LogP contribution in [-0.2, 0) is 0 Å². The second kappa shape index (κ2) is 6.20. The maximum Gasteiger partial charge on any atom is 0.276 e. The fourth-order valence-electron chi connectivity index (χ4n) is 1.61. The van der Waals surface area contributed by atoms with Gasteiger partial charge in [0.05, 0.1) is 15.9 Å². The van der Waals surface area contributed by atoms with Gasteiger partial charge in [0.1, 0.15) is 12.0 Å². The van der Waals surface area contributed by atoms with Crippen molar-refractivity contribution in [1.82, 2.24) is 4.98 Å². The molecule has 0 aliphatic rings. The highest BCUT2D eigenvalue weighted by atomic mass is 79.9. The van der Waals surface area contributed by atoms with Crippen LogP contribution >= 0.6 is 27.7 Å². The van der Waals surface area contributed by atoms with E-state index in [1.165, 1.54) is 12.3 Å². The molecule has 0 radical (unpaired) electrons. The van der Waals surface area contributed by atoms with Crippen LogP contribution in [0.4, 0.5) is 15.9 Å². The lowest BCUT2D eigenvalue weighted by atomic mass is 10.2. The number of nitrogens with zero attached hydrogens (tertiary/aromatic N) is 3. The molecule has 1 aromatic heterocycles. The van der Waals surface area contributed by atoms with Crippen LogP contribution in [0.15, 0.2) is 38.7 Å². The van der Waals surface area contributed by atoms with E-state index < -0.39 is 10.7 Å². The molecule has 0 amide bonds. The summed E-state index contributed by atoms with van der Waals surface area (Å²) >= 11 is 4.28. The SMILES string of the molecule is [C-]#[N+]c1cc(Sc2c(F)cc([N+](=O)[O-])c(C)c2Br)ccn1. The van der Waals surface area contributed by atoms with Gasteiger partial charge in [0.2, 0.25) is 0 Å². The van der Waals surface area contributed by atoms with Gasteiger partial charge in [-0.25, -0.2) is 4.39 Å². The molecule has 0 atom stereocenters. The third-order valence-corrected chi connectivity index (χ3v) is 4.99. The van der Waals surface area contributed by atoms with Gasteiger partial charge < -0.3 is 4.85 Å². The molecule has 0 bridgehead atoms. The van der Waals surface area contributed by atoms with Crippen molar-refractivity contribution in [2.75, 3.05) is 0 Å². The summed E-state index contributed by atoms with van der Waals surface area (Å²) in [6, 6.07) is 4.07. The number of hydrogen-bond acceptors (Lipinski definition) is 4. The van der Waals surface area contributed by atoms with E-state index in [-0.39, 0.29) is 16.4 Å². The average Bonchev–Trinajstić information content (AvgIpc) is 2.47. The minimum atomic E-state index is -0.689. The quantitative estimate of drug-likeness (QED) is 0.439. The number of hydrogen-bond donors (Lipinski definition) is 0. The van der Waals surface area contributed by atoms with Gasteiger partial charge in [-0.15, -0.1) is 4.98 Å². The summed E-state index contributed by atoms with van der Waals surface area (Å²) < 4.78 is 14.4. The van der Waals surface area contributed by atoms with E-state index in [4.69, 9.17) is 6.57 Å². The summed E-state index contributed by atoms with van der Waals surface area (Å²) in [6.07, 6.45) is 1.46. The number of aromatic nitrogens is 1. The normalized spacial score (nSPS) is 10.2. The predicted molar refractivity (Wildman–Crippen MR) is 80.1 cm³/mol. The Balaban J connectivity index is 2.48. The topological polar surface area (TPSA) is 60.4 Å². The first-order chi connectivity index (χ1) is 9.93. The van der Waals surface area contributed by atoms with Crippen LogP contribution in [0.5, 0.6) is 0 Å². The summed E-state index contributed by atoms with van der Waals surface area (Å²) in [5.41, 5.74) is 0.0728. The number of nitro benzene ring substituents is 1. The predicted octanol–water partition coefficient (Wildman–Crippen LogP) is 4.90. The van der Waals surface area contributed by atoms with Crippen molar-refractivity contribution in [3.63, 3.8) is 0 Å². The molecule has 0 aliphatic carbocycles. The van der Waals surface area contributed by atoms with Crippen molar-refractivity contribution >= 4 is 39.2 Å². The van der Waals surface area contributed by atoms with Gasteiger partial charge in [-0.3, -0.25) is 10.1 Å². The van der Waals surface area contributed by atoms with Crippen molar-refractivity contribution in [3.05, 3.63) is 61.8 Å². The van der Waals surface area contributed by atoms with Crippen LogP contribution in [0.1, 0.15) is 5.56 Å². The van der Waals surface area contributed by atoms with Crippen LogP contribution < -0.4 is 0 Å². The minimum Gasteiger partial charge on any atom is -0.361 e. The zero-order valence-corrected chi connectivity index (χ0v) is 13.0. The van der Waals surface area contributed by atoms with E-state index >= 15 is 0 Å². The highest BCUT2D eigenvalue weighted by Crippen LogP contribution is 2.41. The molecule has 1 heterocycles. The summed E-state index contributed by atoms with van der Waals surface area (Å²) in [5.74, 6) is -0.486. The summed E-state index contributed by atoms with van der Waals surface area (Å²) in [6.45, 7) is 8.45. The number of pyridine rings is 1. The molecule has 0 spiro atoms. The zero-order chi connectivity index (χ0) is 15.6. The van der Waals surface area contributed by atoms with Crippen molar-refractivity contribution in [2.24, 2.45) is 0 Å². The lowest BCUT2D eigenvalue weighted by molar-refractivity contribution is -0.385. The van der Waals surface area contributed by atoms with Gasteiger partial charge in [-0.1, -0.05) is 18.3 Å². The molecule has 5 nitrogen and oxygen atoms in total. The van der Waals surface area contributed by atoms with Gasteiger partial charge in [-0.2, -0.15) is 0 Å². The monoisotopic (exact) mass is 367 g/mol. The lowest BCUT2D eigenvalue weighted by Crippen LogP contribution is -1.96. The smallest absolute Gasteiger partial charge is 0.276 e. The van der Waals surface area contributed by atoms with Crippen LogP contribution in [0.2, 0.25) is 0 Å². The number of halogens is 2. The van der Waals surface area contributed by atoms with Gasteiger partial charge in [-0.05, 0) is 35.0 Å². The van der Waals surface area contributed by atoms with E-state index in [0.29, 0.717) is 14.9 Å². The van der Waals surface area contributed by atoms with E-state index in [9.17, 15) is 14.5 Å². The molecule has 106 valence electrons. The Bertz CT molecular complexity index is 777. The highest BCUT2D eigenvalue weighted by molar-refractivity contribution is 9.10. The summed E-state index contributed by atoms with van der Waals surface area (Å²) in [5, 5.41) is 10.8. The molecular weight excluding hydrogens is 361 g/mol. The Labute approximate surface area is 132 Å². The fraction of sp³-hybridized carbons (Fsp3) is 0.0769. The first-order valence-corrected chi connectivity index (χ1v) is 7.19. The first kappa shape index (κ1) is 15.4. The van der Waals surface area contributed by atoms with Crippen molar-refractivity contribution < 1.29 is 9.31 Å². The Morgan fingerprint density at radius 2 is 2.24 bits per heavy atom. The molecule has 0 saturated carbocycles. The van der Waals surface area contributed by atoms with Gasteiger partial charge >= 0.3 is 0 Å². The Kier molecular flexibility index (Phi) is 4.55. The summed E-state index contributed by atoms with van der Waals surface area (Å²) in [4.78, 5) is 18.1. The molecule has 21 heavy (non-hydrogen) atoms. The van der Waals surface area contributed by atoms with Crippen LogP contribution in [0.3, 0.4) is 0 Å². The molecule has 0 unspecified atom stereocenters. The Morgan fingerprint density at radius 3 is 2.86 bits per heavy atom. The zero-order valence-electron chi connectivity index (χ0n) is 10.6.